The minimum atomic E-state index is -3.71. The first-order chi connectivity index (χ1) is 18.1. The summed E-state index contributed by atoms with van der Waals surface area (Å²) in [6.45, 7) is 5.24. The maximum absolute atomic E-state index is 13.3. The lowest BCUT2D eigenvalue weighted by Gasteiger charge is -2.26. The van der Waals surface area contributed by atoms with Crippen molar-refractivity contribution in [2.24, 2.45) is 0 Å². The number of nitrogens with zero attached hydrogens (tertiary/aromatic N) is 3. The standard InChI is InChI=1S/C28H29N3O6S/c1-18-15-21(19(2)31(18)22-7-5-20(6-8-22)28(33)36-4)16-25-24-17-23(9-10-26(24)29(3)27(25)32)38(34,35)30-11-13-37-14-12-30/h5-10,15-17H,11-14H2,1-4H3/b25-16-. The first kappa shape index (κ1) is 25.9. The summed E-state index contributed by atoms with van der Waals surface area (Å²) in [7, 11) is -0.685. The van der Waals surface area contributed by atoms with Gasteiger partial charge in [-0.15, -0.1) is 0 Å². The minimum Gasteiger partial charge on any atom is -0.465 e. The average molecular weight is 536 g/mol. The molecule has 0 saturated carbocycles. The Labute approximate surface area is 221 Å². The van der Waals surface area contributed by atoms with Crippen molar-refractivity contribution >= 4 is 39.2 Å². The zero-order chi connectivity index (χ0) is 27.2. The Hall–Kier alpha value is -3.73. The number of carbonyl (C=O) groups excluding carboxylic acids is 2. The molecule has 0 spiro atoms. The molecule has 1 fully saturated rings. The minimum absolute atomic E-state index is 0.156. The summed E-state index contributed by atoms with van der Waals surface area (Å²) in [6, 6.07) is 13.9. The molecule has 38 heavy (non-hydrogen) atoms. The van der Waals surface area contributed by atoms with Gasteiger partial charge >= 0.3 is 5.97 Å². The first-order valence-corrected chi connectivity index (χ1v) is 13.7. The van der Waals surface area contributed by atoms with E-state index < -0.39 is 16.0 Å². The Bertz CT molecular complexity index is 1560. The van der Waals surface area contributed by atoms with Gasteiger partial charge in [0.2, 0.25) is 10.0 Å². The Kier molecular flexibility index (Phi) is 6.72. The van der Waals surface area contributed by atoms with Gasteiger partial charge in [-0.3, -0.25) is 4.79 Å². The number of sulfonamides is 1. The molecule has 9 nitrogen and oxygen atoms in total. The van der Waals surface area contributed by atoms with Crippen LogP contribution >= 0.6 is 0 Å². The van der Waals surface area contributed by atoms with Crippen LogP contribution in [0.3, 0.4) is 0 Å². The second-order valence-electron chi connectivity index (χ2n) is 9.32. The summed E-state index contributed by atoms with van der Waals surface area (Å²) in [4.78, 5) is 26.8. The van der Waals surface area contributed by atoms with E-state index in [2.05, 4.69) is 0 Å². The highest BCUT2D eigenvalue weighted by molar-refractivity contribution is 7.89. The average Bonchev–Trinajstić information content (AvgIpc) is 3.35. The summed E-state index contributed by atoms with van der Waals surface area (Å²) in [5.74, 6) is -0.603. The number of amides is 1. The number of carbonyl (C=O) groups is 2. The van der Waals surface area contributed by atoms with Crippen LogP contribution in [0, 0.1) is 13.8 Å². The van der Waals surface area contributed by atoms with Gasteiger partial charge in [0.05, 0.1) is 36.5 Å². The van der Waals surface area contributed by atoms with Crippen LogP contribution in [0.4, 0.5) is 5.69 Å². The summed E-state index contributed by atoms with van der Waals surface area (Å²) >= 11 is 0. The second kappa shape index (κ2) is 9.86. The number of methoxy groups -OCH3 is 1. The third kappa shape index (κ3) is 4.34. The van der Waals surface area contributed by atoms with E-state index in [-0.39, 0.29) is 10.8 Å². The molecular weight excluding hydrogens is 506 g/mol. The van der Waals surface area contributed by atoms with E-state index in [0.717, 1.165) is 22.6 Å². The maximum atomic E-state index is 13.3. The molecule has 3 aromatic rings. The molecule has 2 aliphatic heterocycles. The van der Waals surface area contributed by atoms with Crippen LogP contribution in [0.2, 0.25) is 0 Å². The molecule has 0 atom stereocenters. The molecule has 10 heteroatoms. The first-order valence-electron chi connectivity index (χ1n) is 12.2. The van der Waals surface area contributed by atoms with Crippen molar-refractivity contribution in [3.8, 4) is 5.69 Å². The number of aryl methyl sites for hydroxylation is 1. The summed E-state index contributed by atoms with van der Waals surface area (Å²) in [6.07, 6.45) is 1.82. The summed E-state index contributed by atoms with van der Waals surface area (Å²) in [5.41, 5.74) is 5.69. The van der Waals surface area contributed by atoms with E-state index in [9.17, 15) is 18.0 Å². The predicted octanol–water partition coefficient (Wildman–Crippen LogP) is 3.42. The van der Waals surface area contributed by atoms with Crippen molar-refractivity contribution < 1.29 is 27.5 Å². The molecule has 1 saturated heterocycles. The lowest BCUT2D eigenvalue weighted by molar-refractivity contribution is -0.112. The number of anilines is 1. The summed E-state index contributed by atoms with van der Waals surface area (Å²) < 4.78 is 40.1. The lowest BCUT2D eigenvalue weighted by Crippen LogP contribution is -2.40. The van der Waals surface area contributed by atoms with Crippen LogP contribution < -0.4 is 4.90 Å². The summed E-state index contributed by atoms with van der Waals surface area (Å²) in [5, 5.41) is 0. The Balaban J connectivity index is 1.54. The number of rotatable bonds is 5. The van der Waals surface area contributed by atoms with Crippen LogP contribution in [0.15, 0.2) is 53.4 Å². The number of likely N-dealkylation sites (N-methyl/N-ethyl adjacent to an activating group) is 1. The number of benzene rings is 2. The molecule has 1 aromatic heterocycles. The van der Waals surface area contributed by atoms with Gasteiger partial charge in [-0.1, -0.05) is 0 Å². The van der Waals surface area contributed by atoms with E-state index >= 15 is 0 Å². The van der Waals surface area contributed by atoms with E-state index in [0.29, 0.717) is 48.7 Å². The van der Waals surface area contributed by atoms with Crippen molar-refractivity contribution in [2.75, 3.05) is 45.4 Å². The molecule has 0 radical (unpaired) electrons. The zero-order valence-electron chi connectivity index (χ0n) is 21.7. The molecule has 0 bridgehead atoms. The fourth-order valence-electron chi connectivity index (χ4n) is 5.02. The monoisotopic (exact) mass is 535 g/mol. The van der Waals surface area contributed by atoms with Gasteiger partial charge in [0, 0.05) is 48.3 Å². The highest BCUT2D eigenvalue weighted by Gasteiger charge is 2.33. The maximum Gasteiger partial charge on any atom is 0.337 e. The highest BCUT2D eigenvalue weighted by atomic mass is 32.2. The van der Waals surface area contributed by atoms with Gasteiger partial charge < -0.3 is 18.9 Å². The van der Waals surface area contributed by atoms with Crippen LogP contribution in [0.25, 0.3) is 17.3 Å². The molecule has 1 amide bonds. The van der Waals surface area contributed by atoms with Crippen LogP contribution in [0.5, 0.6) is 0 Å². The van der Waals surface area contributed by atoms with Crippen molar-refractivity contribution in [1.29, 1.82) is 0 Å². The van der Waals surface area contributed by atoms with Crippen molar-refractivity contribution in [3.05, 3.63) is 76.6 Å². The SMILES string of the molecule is COC(=O)c1ccc(-n2c(C)cc(/C=C3\C(=O)N(C)c4ccc(S(=O)(=O)N5CCOCC5)cc43)c2C)cc1. The van der Waals surface area contributed by atoms with Gasteiger partial charge in [0.25, 0.3) is 5.91 Å². The Morgan fingerprint density at radius 2 is 1.71 bits per heavy atom. The van der Waals surface area contributed by atoms with Gasteiger partial charge in [-0.25, -0.2) is 13.2 Å². The Morgan fingerprint density at radius 1 is 1.03 bits per heavy atom. The molecule has 0 unspecified atom stereocenters. The number of ether oxygens (including phenoxy) is 2. The van der Waals surface area contributed by atoms with Crippen molar-refractivity contribution in [3.63, 3.8) is 0 Å². The molecule has 2 aromatic carbocycles. The van der Waals surface area contributed by atoms with Gasteiger partial charge in [0.1, 0.15) is 0 Å². The van der Waals surface area contributed by atoms with E-state index in [1.54, 1.807) is 37.4 Å². The molecule has 2 aliphatic rings. The third-order valence-electron chi connectivity index (χ3n) is 7.08. The van der Waals surface area contributed by atoms with Gasteiger partial charge in [0.15, 0.2) is 0 Å². The predicted molar refractivity (Wildman–Crippen MR) is 144 cm³/mol. The number of morpholine rings is 1. The van der Waals surface area contributed by atoms with Crippen molar-refractivity contribution in [2.45, 2.75) is 18.7 Å². The van der Waals surface area contributed by atoms with Crippen LogP contribution in [-0.2, 0) is 24.3 Å². The molecule has 198 valence electrons. The topological polar surface area (TPSA) is 98.2 Å². The van der Waals surface area contributed by atoms with E-state index in [1.165, 1.54) is 16.3 Å². The molecule has 5 rings (SSSR count). The highest BCUT2D eigenvalue weighted by Crippen LogP contribution is 2.39. The van der Waals surface area contributed by atoms with Crippen LogP contribution in [0.1, 0.15) is 32.9 Å². The normalized spacial score (nSPS) is 17.2. The number of hydrogen-bond acceptors (Lipinski definition) is 6. The Morgan fingerprint density at radius 3 is 2.37 bits per heavy atom. The number of esters is 1. The molecular formula is C28H29N3O6S. The van der Waals surface area contributed by atoms with Crippen molar-refractivity contribution in [1.82, 2.24) is 8.87 Å². The second-order valence-corrected chi connectivity index (χ2v) is 11.3. The third-order valence-corrected chi connectivity index (χ3v) is 8.97. The van der Waals surface area contributed by atoms with E-state index in [1.807, 2.05) is 42.7 Å². The van der Waals surface area contributed by atoms with E-state index in [4.69, 9.17) is 9.47 Å². The molecule has 0 aliphatic carbocycles. The van der Waals surface area contributed by atoms with Crippen LogP contribution in [-0.4, -0.2) is 69.6 Å². The van der Waals surface area contributed by atoms with Gasteiger partial charge in [-0.05, 0) is 74.0 Å². The number of fused-ring (bicyclic) bond motifs is 1. The molecule has 3 heterocycles. The molecule has 0 N–H and O–H groups in total. The van der Waals surface area contributed by atoms with Gasteiger partial charge in [-0.2, -0.15) is 4.31 Å². The smallest absolute Gasteiger partial charge is 0.337 e. The zero-order valence-corrected chi connectivity index (χ0v) is 22.5. The fourth-order valence-corrected chi connectivity index (χ4v) is 6.45. The lowest BCUT2D eigenvalue weighted by atomic mass is 10.0. The largest absolute Gasteiger partial charge is 0.465 e. The fraction of sp³-hybridized carbons (Fsp3) is 0.286. The number of aromatic nitrogens is 1. The number of hydrogen-bond donors (Lipinski definition) is 0. The quantitative estimate of drug-likeness (QED) is 0.367.